The predicted molar refractivity (Wildman–Crippen MR) is 64.2 cm³/mol. The summed E-state index contributed by atoms with van der Waals surface area (Å²) >= 11 is 11.3. The van der Waals surface area contributed by atoms with E-state index in [0.717, 1.165) is 6.20 Å². The number of aromatic nitrogens is 2. The molecule has 0 unspecified atom stereocenters. The molecular formula is C11H5Cl2F3N2O. The molecule has 0 amide bonds. The standard InChI is InChI=1S/C11H5Cl2F3N2O/c12-7-3-1-6(2-4-7)9-8(19-11(14,15)16)5-17-10(13)18-9/h1-5H. The number of nitrogens with zero attached hydrogens (tertiary/aromatic N) is 2. The summed E-state index contributed by atoms with van der Waals surface area (Å²) in [6.45, 7) is 0. The Bertz CT molecular complexity index is 587. The highest BCUT2D eigenvalue weighted by molar-refractivity contribution is 6.30. The van der Waals surface area contributed by atoms with Crippen LogP contribution in [0.25, 0.3) is 11.3 Å². The average molecular weight is 309 g/mol. The fourth-order valence-corrected chi connectivity index (χ4v) is 1.62. The highest BCUT2D eigenvalue weighted by atomic mass is 35.5. The third kappa shape index (κ3) is 3.71. The first kappa shape index (κ1) is 13.9. The van der Waals surface area contributed by atoms with Crippen LogP contribution in [0, 0.1) is 0 Å². The van der Waals surface area contributed by atoms with Crippen molar-refractivity contribution in [1.82, 2.24) is 9.97 Å². The van der Waals surface area contributed by atoms with Crippen molar-refractivity contribution in [2.75, 3.05) is 0 Å². The zero-order valence-corrected chi connectivity index (χ0v) is 10.6. The maximum atomic E-state index is 12.3. The maximum absolute atomic E-state index is 12.3. The van der Waals surface area contributed by atoms with E-state index in [0.29, 0.717) is 10.6 Å². The molecule has 0 bridgehead atoms. The van der Waals surface area contributed by atoms with E-state index in [1.807, 2.05) is 0 Å². The van der Waals surface area contributed by atoms with Crippen molar-refractivity contribution < 1.29 is 17.9 Å². The Morgan fingerprint density at radius 1 is 1.05 bits per heavy atom. The van der Waals surface area contributed by atoms with Crippen LogP contribution in [0.4, 0.5) is 13.2 Å². The lowest BCUT2D eigenvalue weighted by Gasteiger charge is -2.12. The molecule has 3 nitrogen and oxygen atoms in total. The van der Waals surface area contributed by atoms with Crippen molar-refractivity contribution in [2.45, 2.75) is 6.36 Å². The van der Waals surface area contributed by atoms with Gasteiger partial charge in [-0.25, -0.2) is 9.97 Å². The Morgan fingerprint density at radius 2 is 1.68 bits per heavy atom. The molecule has 2 aromatic rings. The molecule has 0 spiro atoms. The van der Waals surface area contributed by atoms with Crippen LogP contribution in [0.2, 0.25) is 10.3 Å². The van der Waals surface area contributed by atoms with E-state index >= 15 is 0 Å². The zero-order chi connectivity index (χ0) is 14.0. The van der Waals surface area contributed by atoms with Crippen molar-refractivity contribution in [3.8, 4) is 17.0 Å². The molecule has 0 aliphatic heterocycles. The minimum atomic E-state index is -4.83. The first-order valence-electron chi connectivity index (χ1n) is 4.89. The maximum Gasteiger partial charge on any atom is 0.573 e. The summed E-state index contributed by atoms with van der Waals surface area (Å²) in [7, 11) is 0. The van der Waals surface area contributed by atoms with Crippen LogP contribution in [0.5, 0.6) is 5.75 Å². The third-order valence-electron chi connectivity index (χ3n) is 2.07. The number of hydrogen-bond acceptors (Lipinski definition) is 3. The lowest BCUT2D eigenvalue weighted by molar-refractivity contribution is -0.274. The second-order valence-electron chi connectivity index (χ2n) is 3.41. The van der Waals surface area contributed by atoms with Gasteiger partial charge in [0.1, 0.15) is 5.69 Å². The van der Waals surface area contributed by atoms with Gasteiger partial charge in [-0.2, -0.15) is 0 Å². The molecule has 100 valence electrons. The van der Waals surface area contributed by atoms with Crippen molar-refractivity contribution in [3.05, 3.63) is 40.8 Å². The highest BCUT2D eigenvalue weighted by Crippen LogP contribution is 2.32. The van der Waals surface area contributed by atoms with Crippen molar-refractivity contribution in [3.63, 3.8) is 0 Å². The molecular weight excluding hydrogens is 304 g/mol. The molecule has 1 aromatic heterocycles. The van der Waals surface area contributed by atoms with E-state index in [2.05, 4.69) is 14.7 Å². The SMILES string of the molecule is FC(F)(F)Oc1cnc(Cl)nc1-c1ccc(Cl)cc1. The lowest BCUT2D eigenvalue weighted by atomic mass is 10.1. The summed E-state index contributed by atoms with van der Waals surface area (Å²) in [4.78, 5) is 7.21. The Hall–Kier alpha value is -1.53. The van der Waals surface area contributed by atoms with Crippen LogP contribution in [0.15, 0.2) is 30.5 Å². The van der Waals surface area contributed by atoms with Crippen LogP contribution >= 0.6 is 23.2 Å². The molecule has 0 saturated heterocycles. The molecule has 0 fully saturated rings. The fourth-order valence-electron chi connectivity index (χ4n) is 1.36. The van der Waals surface area contributed by atoms with Crippen LogP contribution in [0.1, 0.15) is 0 Å². The first-order valence-corrected chi connectivity index (χ1v) is 5.65. The van der Waals surface area contributed by atoms with Gasteiger partial charge in [0.05, 0.1) is 6.20 Å². The Labute approximate surface area is 116 Å². The average Bonchev–Trinajstić information content (AvgIpc) is 2.31. The molecule has 19 heavy (non-hydrogen) atoms. The Morgan fingerprint density at radius 3 is 2.26 bits per heavy atom. The van der Waals surface area contributed by atoms with E-state index in [1.165, 1.54) is 24.3 Å². The quantitative estimate of drug-likeness (QED) is 0.774. The van der Waals surface area contributed by atoms with E-state index in [9.17, 15) is 13.2 Å². The van der Waals surface area contributed by atoms with Gasteiger partial charge in [-0.3, -0.25) is 0 Å². The van der Waals surface area contributed by atoms with Crippen LogP contribution in [-0.2, 0) is 0 Å². The van der Waals surface area contributed by atoms with Gasteiger partial charge in [-0.15, -0.1) is 13.2 Å². The van der Waals surface area contributed by atoms with Gasteiger partial charge in [-0.05, 0) is 23.7 Å². The summed E-state index contributed by atoms with van der Waals surface area (Å²) in [5.41, 5.74) is 0.321. The smallest absolute Gasteiger partial charge is 0.402 e. The number of halogens is 5. The van der Waals surface area contributed by atoms with Gasteiger partial charge >= 0.3 is 6.36 Å². The lowest BCUT2D eigenvalue weighted by Crippen LogP contribution is -2.18. The summed E-state index contributed by atoms with van der Waals surface area (Å²) in [6.07, 6.45) is -3.97. The van der Waals surface area contributed by atoms with E-state index in [4.69, 9.17) is 23.2 Å². The predicted octanol–water partition coefficient (Wildman–Crippen LogP) is 4.35. The zero-order valence-electron chi connectivity index (χ0n) is 9.08. The highest BCUT2D eigenvalue weighted by Gasteiger charge is 2.33. The molecule has 0 aliphatic rings. The second-order valence-corrected chi connectivity index (χ2v) is 4.18. The molecule has 0 aliphatic carbocycles. The van der Waals surface area contributed by atoms with Crippen LogP contribution in [0.3, 0.4) is 0 Å². The Balaban J connectivity index is 2.48. The molecule has 1 heterocycles. The topological polar surface area (TPSA) is 35.0 Å². The molecule has 2 rings (SSSR count). The van der Waals surface area contributed by atoms with Crippen LogP contribution < -0.4 is 4.74 Å². The number of ether oxygens (including phenoxy) is 1. The van der Waals surface area contributed by atoms with Crippen molar-refractivity contribution >= 4 is 23.2 Å². The van der Waals surface area contributed by atoms with E-state index in [1.54, 1.807) is 0 Å². The van der Waals surface area contributed by atoms with Crippen molar-refractivity contribution in [2.24, 2.45) is 0 Å². The van der Waals surface area contributed by atoms with Crippen molar-refractivity contribution in [1.29, 1.82) is 0 Å². The minimum Gasteiger partial charge on any atom is -0.402 e. The van der Waals surface area contributed by atoms with Gasteiger partial charge < -0.3 is 4.74 Å². The number of rotatable bonds is 2. The largest absolute Gasteiger partial charge is 0.573 e. The normalized spacial score (nSPS) is 11.4. The first-order chi connectivity index (χ1) is 8.85. The minimum absolute atomic E-state index is 0.0611. The third-order valence-corrected chi connectivity index (χ3v) is 2.50. The number of alkyl halides is 3. The molecule has 8 heteroatoms. The van der Waals surface area contributed by atoms with Gasteiger partial charge in [0.2, 0.25) is 5.28 Å². The van der Waals surface area contributed by atoms with E-state index in [-0.39, 0.29) is 11.0 Å². The van der Waals surface area contributed by atoms with Gasteiger partial charge in [0.25, 0.3) is 0 Å². The molecule has 0 atom stereocenters. The molecule has 0 radical (unpaired) electrons. The number of hydrogen-bond donors (Lipinski definition) is 0. The molecule has 1 aromatic carbocycles. The van der Waals surface area contributed by atoms with E-state index < -0.39 is 12.1 Å². The monoisotopic (exact) mass is 308 g/mol. The van der Waals surface area contributed by atoms with Gasteiger partial charge in [-0.1, -0.05) is 23.7 Å². The summed E-state index contributed by atoms with van der Waals surface area (Å²) < 4.78 is 40.7. The fraction of sp³-hybridized carbons (Fsp3) is 0.0909. The van der Waals surface area contributed by atoms with Crippen LogP contribution in [-0.4, -0.2) is 16.3 Å². The Kier molecular flexibility index (Phi) is 3.82. The molecule has 0 N–H and O–H groups in total. The van der Waals surface area contributed by atoms with Gasteiger partial charge in [0, 0.05) is 10.6 Å². The summed E-state index contributed by atoms with van der Waals surface area (Å²) in [6, 6.07) is 6.04. The second kappa shape index (κ2) is 5.22. The summed E-state index contributed by atoms with van der Waals surface area (Å²) in [5, 5.41) is 0.265. The van der Waals surface area contributed by atoms with Gasteiger partial charge in [0.15, 0.2) is 5.75 Å². The molecule has 0 saturated carbocycles. The summed E-state index contributed by atoms with van der Waals surface area (Å²) in [5.74, 6) is -0.528. The number of benzene rings is 1.